The van der Waals surface area contributed by atoms with Crippen LogP contribution in [-0.4, -0.2) is 14.8 Å². The number of aromatic nitrogens is 3. The molecule has 2 aromatic heterocycles. The maximum absolute atomic E-state index is 13.9. The Morgan fingerprint density at radius 2 is 1.75 bits per heavy atom. The summed E-state index contributed by atoms with van der Waals surface area (Å²) in [7, 11) is 0. The number of benzene rings is 2. The van der Waals surface area contributed by atoms with Gasteiger partial charge in [-0.25, -0.2) is 9.67 Å². The van der Waals surface area contributed by atoms with Gasteiger partial charge < -0.3 is 4.74 Å². The van der Waals surface area contributed by atoms with Gasteiger partial charge in [0.1, 0.15) is 18.1 Å². The van der Waals surface area contributed by atoms with E-state index in [0.717, 1.165) is 21.6 Å². The smallest absolute Gasteiger partial charge is 0.434 e. The lowest BCUT2D eigenvalue weighted by Gasteiger charge is -2.17. The van der Waals surface area contributed by atoms with Gasteiger partial charge in [0.05, 0.1) is 5.69 Å². The highest BCUT2D eigenvalue weighted by Crippen LogP contribution is 2.44. The SMILES string of the molecule is FC(F)(F)c1c2c(nn1-c1nc(-c3ccccc3)cs1)-c1ccccc1OC2. The molecule has 28 heavy (non-hydrogen) atoms. The standard InChI is InChI=1S/C20H12F3N3OS/c21-20(22,23)18-14-10-27-16-9-5-4-8-13(16)17(14)25-26(18)19-24-15(11-28-19)12-6-2-1-3-7-12/h1-9,11H,10H2. The van der Waals surface area contributed by atoms with Gasteiger partial charge in [0, 0.05) is 22.1 Å². The molecule has 0 atom stereocenters. The summed E-state index contributed by atoms with van der Waals surface area (Å²) in [5.74, 6) is 0.525. The molecule has 0 spiro atoms. The van der Waals surface area contributed by atoms with Crippen LogP contribution in [-0.2, 0) is 12.8 Å². The van der Waals surface area contributed by atoms with E-state index in [1.165, 1.54) is 0 Å². The molecule has 0 aliphatic carbocycles. The first kappa shape index (κ1) is 17.0. The number of hydrogen-bond donors (Lipinski definition) is 0. The van der Waals surface area contributed by atoms with E-state index in [-0.39, 0.29) is 23.0 Å². The van der Waals surface area contributed by atoms with Crippen LogP contribution in [0.3, 0.4) is 0 Å². The van der Waals surface area contributed by atoms with E-state index < -0.39 is 11.9 Å². The lowest BCUT2D eigenvalue weighted by molar-refractivity contribution is -0.143. The number of halogens is 3. The van der Waals surface area contributed by atoms with Crippen molar-refractivity contribution in [3.05, 3.63) is 71.2 Å². The molecule has 8 heteroatoms. The van der Waals surface area contributed by atoms with Gasteiger partial charge in [-0.15, -0.1) is 11.3 Å². The van der Waals surface area contributed by atoms with E-state index in [1.807, 2.05) is 30.3 Å². The van der Waals surface area contributed by atoms with Gasteiger partial charge in [-0.2, -0.15) is 18.3 Å². The number of thiazole rings is 1. The largest absolute Gasteiger partial charge is 0.488 e. The molecule has 3 heterocycles. The topological polar surface area (TPSA) is 39.9 Å². The number of para-hydroxylation sites is 1. The summed E-state index contributed by atoms with van der Waals surface area (Å²) in [5, 5.41) is 6.20. The average Bonchev–Trinajstić information content (AvgIpc) is 3.33. The highest BCUT2D eigenvalue weighted by molar-refractivity contribution is 7.12. The third kappa shape index (κ3) is 2.68. The molecule has 140 valence electrons. The number of hydrogen-bond acceptors (Lipinski definition) is 4. The van der Waals surface area contributed by atoms with E-state index in [4.69, 9.17) is 4.74 Å². The van der Waals surface area contributed by atoms with Gasteiger partial charge in [-0.1, -0.05) is 42.5 Å². The number of ether oxygens (including phenoxy) is 1. The molecule has 0 saturated carbocycles. The highest BCUT2D eigenvalue weighted by atomic mass is 32.1. The molecule has 0 amide bonds. The van der Waals surface area contributed by atoms with Crippen LogP contribution in [0, 0.1) is 0 Å². The molecule has 5 rings (SSSR count). The zero-order valence-electron chi connectivity index (χ0n) is 14.3. The Kier molecular flexibility index (Phi) is 3.77. The van der Waals surface area contributed by atoms with Gasteiger partial charge >= 0.3 is 6.18 Å². The van der Waals surface area contributed by atoms with E-state index in [0.29, 0.717) is 17.0 Å². The Balaban J connectivity index is 1.69. The van der Waals surface area contributed by atoms with Crippen molar-refractivity contribution in [3.8, 4) is 33.4 Å². The van der Waals surface area contributed by atoms with Crippen molar-refractivity contribution in [1.29, 1.82) is 0 Å². The molecule has 0 fully saturated rings. The maximum Gasteiger partial charge on any atom is 0.434 e. The van der Waals surface area contributed by atoms with Crippen molar-refractivity contribution in [2.75, 3.05) is 0 Å². The van der Waals surface area contributed by atoms with Crippen molar-refractivity contribution in [2.45, 2.75) is 12.8 Å². The fourth-order valence-electron chi connectivity index (χ4n) is 3.27. The normalized spacial score (nSPS) is 13.0. The summed E-state index contributed by atoms with van der Waals surface area (Å²) in [6, 6.07) is 16.3. The van der Waals surface area contributed by atoms with Gasteiger partial charge in [0.15, 0.2) is 5.69 Å². The van der Waals surface area contributed by atoms with Gasteiger partial charge in [-0.05, 0) is 12.1 Å². The minimum atomic E-state index is -4.59. The fraction of sp³-hybridized carbons (Fsp3) is 0.100. The van der Waals surface area contributed by atoms with Gasteiger partial charge in [-0.3, -0.25) is 0 Å². The van der Waals surface area contributed by atoms with Crippen LogP contribution in [0.15, 0.2) is 60.0 Å². The zero-order valence-corrected chi connectivity index (χ0v) is 15.1. The average molecular weight is 399 g/mol. The Labute approximate surface area is 161 Å². The zero-order chi connectivity index (χ0) is 19.3. The third-order valence-electron chi connectivity index (χ3n) is 4.51. The van der Waals surface area contributed by atoms with Crippen LogP contribution < -0.4 is 4.74 Å². The Morgan fingerprint density at radius 1 is 1.00 bits per heavy atom. The molecule has 0 saturated heterocycles. The van der Waals surface area contributed by atoms with E-state index in [9.17, 15) is 13.2 Å². The van der Waals surface area contributed by atoms with Crippen molar-refractivity contribution in [1.82, 2.24) is 14.8 Å². The molecule has 0 N–H and O–H groups in total. The lowest BCUT2D eigenvalue weighted by atomic mass is 10.0. The second-order valence-electron chi connectivity index (χ2n) is 6.25. The molecular weight excluding hydrogens is 387 g/mol. The Bertz CT molecular complexity index is 1170. The van der Waals surface area contributed by atoms with Gasteiger partial charge in [0.25, 0.3) is 0 Å². The number of rotatable bonds is 2. The maximum atomic E-state index is 13.9. The summed E-state index contributed by atoms with van der Waals surface area (Å²) in [6.45, 7) is -0.182. The first-order valence-corrected chi connectivity index (χ1v) is 9.33. The summed E-state index contributed by atoms with van der Waals surface area (Å²) >= 11 is 1.12. The molecule has 0 radical (unpaired) electrons. The van der Waals surface area contributed by atoms with Crippen molar-refractivity contribution < 1.29 is 17.9 Å². The first-order valence-electron chi connectivity index (χ1n) is 8.45. The predicted molar refractivity (Wildman–Crippen MR) is 99.4 cm³/mol. The molecule has 0 bridgehead atoms. The number of alkyl halides is 3. The third-order valence-corrected chi connectivity index (χ3v) is 5.33. The summed E-state index contributed by atoms with van der Waals surface area (Å²) in [5.41, 5.74) is 1.47. The summed E-state index contributed by atoms with van der Waals surface area (Å²) in [6.07, 6.45) is -4.59. The highest BCUT2D eigenvalue weighted by Gasteiger charge is 2.42. The second-order valence-corrected chi connectivity index (χ2v) is 7.09. The molecule has 4 nitrogen and oxygen atoms in total. The summed E-state index contributed by atoms with van der Waals surface area (Å²) in [4.78, 5) is 4.40. The van der Waals surface area contributed by atoms with Crippen LogP contribution in [0.4, 0.5) is 13.2 Å². The van der Waals surface area contributed by atoms with Crippen LogP contribution in [0.2, 0.25) is 0 Å². The van der Waals surface area contributed by atoms with Crippen molar-refractivity contribution in [3.63, 3.8) is 0 Å². The van der Waals surface area contributed by atoms with E-state index in [2.05, 4.69) is 10.1 Å². The van der Waals surface area contributed by atoms with Crippen LogP contribution >= 0.6 is 11.3 Å². The molecule has 2 aromatic carbocycles. The minimum Gasteiger partial charge on any atom is -0.488 e. The van der Waals surface area contributed by atoms with Crippen LogP contribution in [0.5, 0.6) is 5.75 Å². The molecular formula is C20H12F3N3OS. The molecule has 1 aliphatic heterocycles. The van der Waals surface area contributed by atoms with E-state index >= 15 is 0 Å². The number of nitrogens with zero attached hydrogens (tertiary/aromatic N) is 3. The molecule has 1 aliphatic rings. The van der Waals surface area contributed by atoms with E-state index in [1.54, 1.807) is 29.6 Å². The second kappa shape index (κ2) is 6.20. The first-order chi connectivity index (χ1) is 13.5. The Morgan fingerprint density at radius 3 is 2.54 bits per heavy atom. The van der Waals surface area contributed by atoms with Gasteiger partial charge in [0.2, 0.25) is 5.13 Å². The Hall–Kier alpha value is -3.13. The predicted octanol–water partition coefficient (Wildman–Crippen LogP) is 5.57. The lowest BCUT2D eigenvalue weighted by Crippen LogP contribution is -2.16. The van der Waals surface area contributed by atoms with Crippen molar-refractivity contribution in [2.24, 2.45) is 0 Å². The quantitative estimate of drug-likeness (QED) is 0.442. The van der Waals surface area contributed by atoms with Crippen LogP contribution in [0.1, 0.15) is 11.3 Å². The number of fused-ring (bicyclic) bond motifs is 3. The van der Waals surface area contributed by atoms with Crippen molar-refractivity contribution >= 4 is 11.3 Å². The fourth-order valence-corrected chi connectivity index (χ4v) is 4.06. The summed E-state index contributed by atoms with van der Waals surface area (Å²) < 4.78 is 48.2. The minimum absolute atomic E-state index is 0.0302. The monoisotopic (exact) mass is 399 g/mol. The molecule has 4 aromatic rings. The molecule has 0 unspecified atom stereocenters. The van der Waals surface area contributed by atoms with Crippen LogP contribution in [0.25, 0.3) is 27.6 Å².